The maximum Gasteiger partial charge on any atom is 0.0366 e. The second-order valence-electron chi connectivity index (χ2n) is 5.89. The predicted molar refractivity (Wildman–Crippen MR) is 81.1 cm³/mol. The quantitative estimate of drug-likeness (QED) is 0.799. The van der Waals surface area contributed by atoms with Gasteiger partial charge in [-0.1, -0.05) is 31.5 Å². The molecule has 0 aliphatic heterocycles. The van der Waals surface area contributed by atoms with Gasteiger partial charge in [0.05, 0.1) is 0 Å². The van der Waals surface area contributed by atoms with E-state index in [0.29, 0.717) is 0 Å². The van der Waals surface area contributed by atoms with E-state index in [1.54, 1.807) is 0 Å². The van der Waals surface area contributed by atoms with Crippen molar-refractivity contribution in [2.45, 2.75) is 40.5 Å². The first-order chi connectivity index (χ1) is 8.48. The van der Waals surface area contributed by atoms with Crippen LogP contribution < -0.4 is 10.6 Å². The topological polar surface area (TPSA) is 29.3 Å². The van der Waals surface area contributed by atoms with Crippen molar-refractivity contribution in [3.8, 4) is 0 Å². The Labute approximate surface area is 112 Å². The van der Waals surface area contributed by atoms with Crippen molar-refractivity contribution in [1.29, 1.82) is 0 Å². The van der Waals surface area contributed by atoms with Crippen LogP contribution in [0.15, 0.2) is 24.3 Å². The Kier molecular flexibility index (Phi) is 5.67. The Morgan fingerprint density at radius 1 is 1.17 bits per heavy atom. The van der Waals surface area contributed by atoms with Crippen LogP contribution in [0.2, 0.25) is 0 Å². The van der Waals surface area contributed by atoms with Crippen LogP contribution in [0, 0.1) is 12.3 Å². The average molecular weight is 248 g/mol. The lowest BCUT2D eigenvalue weighted by Crippen LogP contribution is -2.28. The first-order valence-electron chi connectivity index (χ1n) is 7.00. The fourth-order valence-corrected chi connectivity index (χ4v) is 2.08. The Balaban J connectivity index is 2.50. The smallest absolute Gasteiger partial charge is 0.0366 e. The molecule has 0 heterocycles. The minimum Gasteiger partial charge on any atom is -0.372 e. The fourth-order valence-electron chi connectivity index (χ4n) is 2.08. The molecule has 2 N–H and O–H groups in total. The molecule has 1 aromatic carbocycles. The second kappa shape index (κ2) is 6.79. The highest BCUT2D eigenvalue weighted by molar-refractivity contribution is 5.47. The van der Waals surface area contributed by atoms with Gasteiger partial charge in [0.2, 0.25) is 0 Å². The summed E-state index contributed by atoms with van der Waals surface area (Å²) < 4.78 is 0. The number of hydrogen-bond acceptors (Lipinski definition) is 2. The van der Waals surface area contributed by atoms with E-state index in [1.807, 2.05) is 0 Å². The van der Waals surface area contributed by atoms with Gasteiger partial charge in [-0.15, -0.1) is 0 Å². The van der Waals surface area contributed by atoms with Crippen LogP contribution in [-0.4, -0.2) is 19.6 Å². The van der Waals surface area contributed by atoms with Gasteiger partial charge < -0.3 is 10.6 Å². The molecule has 0 aliphatic carbocycles. The largest absolute Gasteiger partial charge is 0.372 e. The molecule has 0 saturated carbocycles. The summed E-state index contributed by atoms with van der Waals surface area (Å²) >= 11 is 0. The second-order valence-corrected chi connectivity index (χ2v) is 5.89. The summed E-state index contributed by atoms with van der Waals surface area (Å²) in [6, 6.07) is 8.80. The first kappa shape index (κ1) is 15.0. The maximum atomic E-state index is 5.77. The van der Waals surface area contributed by atoms with Gasteiger partial charge in [0.15, 0.2) is 0 Å². The summed E-state index contributed by atoms with van der Waals surface area (Å²) in [6.07, 6.45) is 2.39. The van der Waals surface area contributed by atoms with Crippen LogP contribution in [-0.2, 0) is 0 Å². The van der Waals surface area contributed by atoms with Crippen molar-refractivity contribution in [3.63, 3.8) is 0 Å². The molecule has 102 valence electrons. The molecule has 0 aliphatic rings. The molecule has 2 heteroatoms. The van der Waals surface area contributed by atoms with Gasteiger partial charge in [-0.2, -0.15) is 0 Å². The molecule has 0 radical (unpaired) electrons. The summed E-state index contributed by atoms with van der Waals surface area (Å²) in [5.41, 5.74) is 8.69. The van der Waals surface area contributed by atoms with Crippen molar-refractivity contribution in [2.75, 3.05) is 24.5 Å². The van der Waals surface area contributed by atoms with Crippen LogP contribution >= 0.6 is 0 Å². The number of benzene rings is 1. The third kappa shape index (κ3) is 4.69. The number of rotatable bonds is 7. The van der Waals surface area contributed by atoms with Crippen molar-refractivity contribution >= 4 is 5.69 Å². The molecule has 0 saturated heterocycles. The normalized spacial score (nSPS) is 11.6. The highest BCUT2D eigenvalue weighted by atomic mass is 15.1. The molecular weight excluding hydrogens is 220 g/mol. The van der Waals surface area contributed by atoms with Gasteiger partial charge in [0, 0.05) is 18.8 Å². The molecule has 2 nitrogen and oxygen atoms in total. The van der Waals surface area contributed by atoms with E-state index in [0.717, 1.165) is 19.6 Å². The molecule has 0 atom stereocenters. The van der Waals surface area contributed by atoms with Crippen LogP contribution in [0.1, 0.15) is 39.2 Å². The Morgan fingerprint density at radius 2 is 1.78 bits per heavy atom. The van der Waals surface area contributed by atoms with Crippen molar-refractivity contribution < 1.29 is 0 Å². The molecule has 0 aromatic heterocycles. The molecule has 18 heavy (non-hydrogen) atoms. The summed E-state index contributed by atoms with van der Waals surface area (Å²) in [5, 5.41) is 0. The molecular formula is C16H28N2. The van der Waals surface area contributed by atoms with E-state index >= 15 is 0 Å². The van der Waals surface area contributed by atoms with E-state index < -0.39 is 0 Å². The summed E-state index contributed by atoms with van der Waals surface area (Å²) in [4.78, 5) is 2.44. The number of hydrogen-bond donors (Lipinski definition) is 1. The molecule has 0 bridgehead atoms. The predicted octanol–water partition coefficient (Wildman–Crippen LogP) is 3.59. The third-order valence-electron chi connectivity index (χ3n) is 3.62. The summed E-state index contributed by atoms with van der Waals surface area (Å²) in [7, 11) is 0. The van der Waals surface area contributed by atoms with E-state index in [4.69, 9.17) is 5.73 Å². The van der Waals surface area contributed by atoms with Crippen LogP contribution in [0.3, 0.4) is 0 Å². The SMILES string of the molecule is CCN(CCCC(C)(C)CN)c1ccc(C)cc1. The lowest BCUT2D eigenvalue weighted by atomic mass is 9.88. The zero-order chi connectivity index (χ0) is 13.6. The molecule has 1 aromatic rings. The van der Waals surface area contributed by atoms with Crippen LogP contribution in [0.4, 0.5) is 5.69 Å². The molecule has 0 amide bonds. The van der Waals surface area contributed by atoms with Gasteiger partial charge in [0.25, 0.3) is 0 Å². The minimum absolute atomic E-state index is 0.271. The lowest BCUT2D eigenvalue weighted by Gasteiger charge is -2.27. The number of nitrogens with zero attached hydrogens (tertiary/aromatic N) is 1. The molecule has 1 rings (SSSR count). The van der Waals surface area contributed by atoms with Crippen LogP contribution in [0.25, 0.3) is 0 Å². The lowest BCUT2D eigenvalue weighted by molar-refractivity contribution is 0.338. The van der Waals surface area contributed by atoms with E-state index in [1.165, 1.54) is 24.1 Å². The van der Waals surface area contributed by atoms with Crippen molar-refractivity contribution in [3.05, 3.63) is 29.8 Å². The standard InChI is InChI=1S/C16H28N2/c1-5-18(12-6-11-16(3,4)13-17)15-9-7-14(2)8-10-15/h7-10H,5-6,11-13,17H2,1-4H3. The maximum absolute atomic E-state index is 5.77. The van der Waals surface area contributed by atoms with Gasteiger partial charge in [-0.05, 0) is 50.8 Å². The number of aryl methyl sites for hydroxylation is 1. The van der Waals surface area contributed by atoms with Gasteiger partial charge in [-0.25, -0.2) is 0 Å². The Morgan fingerprint density at radius 3 is 2.28 bits per heavy atom. The van der Waals surface area contributed by atoms with Gasteiger partial charge in [-0.3, -0.25) is 0 Å². The third-order valence-corrected chi connectivity index (χ3v) is 3.62. The minimum atomic E-state index is 0.271. The van der Waals surface area contributed by atoms with Crippen molar-refractivity contribution in [1.82, 2.24) is 0 Å². The Hall–Kier alpha value is -1.02. The number of anilines is 1. The zero-order valence-electron chi connectivity index (χ0n) is 12.4. The summed E-state index contributed by atoms with van der Waals surface area (Å²) in [6.45, 7) is 11.8. The Bertz CT molecular complexity index is 341. The van der Waals surface area contributed by atoms with Crippen molar-refractivity contribution in [2.24, 2.45) is 11.1 Å². The zero-order valence-corrected chi connectivity index (χ0v) is 12.4. The van der Waals surface area contributed by atoms with Gasteiger partial charge in [0.1, 0.15) is 0 Å². The highest BCUT2D eigenvalue weighted by Gasteiger charge is 2.15. The molecule has 0 unspecified atom stereocenters. The monoisotopic (exact) mass is 248 g/mol. The van der Waals surface area contributed by atoms with E-state index in [9.17, 15) is 0 Å². The van der Waals surface area contributed by atoms with E-state index in [-0.39, 0.29) is 5.41 Å². The fraction of sp³-hybridized carbons (Fsp3) is 0.625. The molecule has 0 spiro atoms. The average Bonchev–Trinajstić information content (AvgIpc) is 2.36. The molecule has 0 fully saturated rings. The van der Waals surface area contributed by atoms with Crippen LogP contribution in [0.5, 0.6) is 0 Å². The van der Waals surface area contributed by atoms with E-state index in [2.05, 4.69) is 56.9 Å². The van der Waals surface area contributed by atoms with Gasteiger partial charge >= 0.3 is 0 Å². The highest BCUT2D eigenvalue weighted by Crippen LogP contribution is 2.22. The number of nitrogens with two attached hydrogens (primary N) is 1. The summed E-state index contributed by atoms with van der Waals surface area (Å²) in [5.74, 6) is 0. The first-order valence-corrected chi connectivity index (χ1v) is 7.00.